The quantitative estimate of drug-likeness (QED) is 0.235. The van der Waals surface area contributed by atoms with Crippen molar-refractivity contribution >= 4 is 33.3 Å². The number of aromatic carboxylic acids is 1. The van der Waals surface area contributed by atoms with E-state index in [-0.39, 0.29) is 17.8 Å². The van der Waals surface area contributed by atoms with Gasteiger partial charge in [-0.1, -0.05) is 54.6 Å². The molecule has 178 valence electrons. The van der Waals surface area contributed by atoms with Crippen molar-refractivity contribution in [3.8, 4) is 22.6 Å². The Balaban J connectivity index is 1.30. The third kappa shape index (κ3) is 5.50. The lowest BCUT2D eigenvalue weighted by molar-refractivity contribution is -0.118. The molecular formula is C30H23NO4S. The van der Waals surface area contributed by atoms with E-state index in [1.54, 1.807) is 18.2 Å². The number of para-hydroxylation sites is 2. The zero-order valence-electron chi connectivity index (χ0n) is 19.4. The minimum Gasteiger partial charge on any atom is -0.478 e. The van der Waals surface area contributed by atoms with Crippen molar-refractivity contribution in [2.45, 2.75) is 19.3 Å². The minimum absolute atomic E-state index is 0.0802. The van der Waals surface area contributed by atoms with Crippen LogP contribution in [0.5, 0.6) is 11.5 Å². The fraction of sp³-hybridized carbons (Fsp3) is 0.100. The number of thiazole rings is 1. The molecule has 0 radical (unpaired) electrons. The van der Waals surface area contributed by atoms with E-state index in [1.807, 2.05) is 72.8 Å². The molecule has 0 spiro atoms. The molecule has 0 atom stereocenters. The Kier molecular flexibility index (Phi) is 6.87. The molecule has 0 saturated carbocycles. The smallest absolute Gasteiger partial charge is 0.335 e. The van der Waals surface area contributed by atoms with E-state index in [0.717, 1.165) is 43.4 Å². The molecule has 0 saturated heterocycles. The molecule has 36 heavy (non-hydrogen) atoms. The Bertz CT molecular complexity index is 1540. The minimum atomic E-state index is -0.966. The zero-order chi connectivity index (χ0) is 24.9. The second-order valence-corrected chi connectivity index (χ2v) is 9.54. The van der Waals surface area contributed by atoms with Gasteiger partial charge in [0.25, 0.3) is 0 Å². The summed E-state index contributed by atoms with van der Waals surface area (Å²) in [6.07, 6.45) is 1.11. The van der Waals surface area contributed by atoms with Gasteiger partial charge in [-0.15, -0.1) is 11.3 Å². The number of ether oxygens (including phenoxy) is 1. The zero-order valence-corrected chi connectivity index (χ0v) is 20.2. The lowest BCUT2D eigenvalue weighted by Crippen LogP contribution is -2.05. The highest BCUT2D eigenvalue weighted by molar-refractivity contribution is 7.18. The van der Waals surface area contributed by atoms with Crippen LogP contribution in [0.3, 0.4) is 0 Å². The average molecular weight is 494 g/mol. The summed E-state index contributed by atoms with van der Waals surface area (Å²) in [4.78, 5) is 28.4. The first kappa shape index (κ1) is 23.5. The average Bonchev–Trinajstić information content (AvgIpc) is 3.30. The highest BCUT2D eigenvalue weighted by Gasteiger charge is 2.13. The highest BCUT2D eigenvalue weighted by Crippen LogP contribution is 2.35. The number of Topliss-reactive ketones (excluding diaryl/α,β-unsaturated/α-hetero) is 1. The van der Waals surface area contributed by atoms with E-state index in [2.05, 4.69) is 11.1 Å². The number of carboxylic acids is 1. The Morgan fingerprint density at radius 1 is 0.861 bits per heavy atom. The number of ketones is 1. The number of hydrogen-bond donors (Lipinski definition) is 1. The molecular weight excluding hydrogens is 470 g/mol. The van der Waals surface area contributed by atoms with Gasteiger partial charge >= 0.3 is 5.97 Å². The third-order valence-electron chi connectivity index (χ3n) is 5.82. The first-order valence-electron chi connectivity index (χ1n) is 11.6. The Morgan fingerprint density at radius 2 is 1.67 bits per heavy atom. The molecule has 5 aromatic rings. The maximum Gasteiger partial charge on any atom is 0.335 e. The number of aryl methyl sites for hydroxylation is 1. The Hall–Kier alpha value is -4.29. The van der Waals surface area contributed by atoms with Gasteiger partial charge in [-0.25, -0.2) is 9.78 Å². The predicted octanol–water partition coefficient (Wildman–Crippen LogP) is 7.20. The fourth-order valence-corrected chi connectivity index (χ4v) is 5.06. The maximum absolute atomic E-state index is 12.6. The van der Waals surface area contributed by atoms with Crippen molar-refractivity contribution in [2.75, 3.05) is 0 Å². The second kappa shape index (κ2) is 10.5. The number of aromatic nitrogens is 1. The first-order valence-corrected chi connectivity index (χ1v) is 12.4. The summed E-state index contributed by atoms with van der Waals surface area (Å²) in [5.41, 5.74) is 3.94. The molecule has 5 rings (SSSR count). The van der Waals surface area contributed by atoms with Crippen LogP contribution in [0.2, 0.25) is 0 Å². The molecule has 4 aromatic carbocycles. The van der Waals surface area contributed by atoms with E-state index >= 15 is 0 Å². The van der Waals surface area contributed by atoms with Crippen LogP contribution < -0.4 is 4.74 Å². The van der Waals surface area contributed by atoms with Gasteiger partial charge in [0.2, 0.25) is 0 Å². The maximum atomic E-state index is 12.6. The Morgan fingerprint density at radius 3 is 2.50 bits per heavy atom. The number of carboxylic acid groups (broad SMARTS) is 1. The van der Waals surface area contributed by atoms with Gasteiger partial charge in [0, 0.05) is 12.0 Å². The molecule has 5 nitrogen and oxygen atoms in total. The summed E-state index contributed by atoms with van der Waals surface area (Å²) in [7, 11) is 0. The van der Waals surface area contributed by atoms with Gasteiger partial charge in [0.1, 0.15) is 22.3 Å². The van der Waals surface area contributed by atoms with Gasteiger partial charge in [-0.05, 0) is 60.0 Å². The molecule has 6 heteroatoms. The van der Waals surface area contributed by atoms with Crippen molar-refractivity contribution in [3.63, 3.8) is 0 Å². The lowest BCUT2D eigenvalue weighted by atomic mass is 10.0. The number of hydrogen-bond acceptors (Lipinski definition) is 5. The topological polar surface area (TPSA) is 76.5 Å². The van der Waals surface area contributed by atoms with Crippen LogP contribution >= 0.6 is 11.3 Å². The van der Waals surface area contributed by atoms with Gasteiger partial charge in [-0.2, -0.15) is 0 Å². The monoisotopic (exact) mass is 493 g/mol. The van der Waals surface area contributed by atoms with Crippen LogP contribution in [0.25, 0.3) is 21.3 Å². The summed E-state index contributed by atoms with van der Waals surface area (Å²) in [6.45, 7) is 0. The second-order valence-electron chi connectivity index (χ2n) is 8.42. The normalized spacial score (nSPS) is 10.9. The third-order valence-corrected chi connectivity index (χ3v) is 6.83. The molecule has 0 amide bonds. The fourth-order valence-electron chi connectivity index (χ4n) is 4.03. The number of rotatable bonds is 9. The van der Waals surface area contributed by atoms with E-state index < -0.39 is 5.97 Å². The van der Waals surface area contributed by atoms with E-state index in [4.69, 9.17) is 9.84 Å². The van der Waals surface area contributed by atoms with Gasteiger partial charge in [-0.3, -0.25) is 4.79 Å². The summed E-state index contributed by atoms with van der Waals surface area (Å²) in [5, 5.41) is 9.92. The van der Waals surface area contributed by atoms with Crippen LogP contribution in [-0.2, 0) is 17.6 Å². The lowest BCUT2D eigenvalue weighted by Gasteiger charge is -2.11. The standard InChI is InChI=1S/C30H23NO4S/c32-23(15-13-20-7-6-8-22(17-20)30(33)34)19-29-31-26-16-14-21(18-28(26)36-29)25-11-4-5-12-27(25)35-24-9-2-1-3-10-24/h1-12,14,16-18H,13,15,19H2,(H,33,34). The number of benzene rings is 4. The van der Waals surface area contributed by atoms with Crippen LogP contribution in [0.4, 0.5) is 0 Å². The molecule has 0 aliphatic rings. The molecule has 1 heterocycles. The SMILES string of the molecule is O=C(CCc1cccc(C(=O)O)c1)Cc1nc2ccc(-c3ccccc3Oc3ccccc3)cc2s1. The highest BCUT2D eigenvalue weighted by atomic mass is 32.1. The van der Waals surface area contributed by atoms with Crippen molar-refractivity contribution in [3.05, 3.63) is 113 Å². The van der Waals surface area contributed by atoms with Crippen molar-refractivity contribution in [1.29, 1.82) is 0 Å². The summed E-state index contributed by atoms with van der Waals surface area (Å²) in [6, 6.07) is 30.4. The predicted molar refractivity (Wildman–Crippen MR) is 142 cm³/mol. The molecule has 1 N–H and O–H groups in total. The summed E-state index contributed by atoms with van der Waals surface area (Å²) < 4.78 is 7.14. The van der Waals surface area contributed by atoms with Gasteiger partial charge < -0.3 is 9.84 Å². The molecule has 0 aliphatic heterocycles. The van der Waals surface area contributed by atoms with Crippen LogP contribution in [0, 0.1) is 0 Å². The number of nitrogens with zero attached hydrogens (tertiary/aromatic N) is 1. The largest absolute Gasteiger partial charge is 0.478 e. The van der Waals surface area contributed by atoms with Gasteiger partial charge in [0.15, 0.2) is 0 Å². The summed E-state index contributed by atoms with van der Waals surface area (Å²) in [5.74, 6) is 0.664. The molecule has 0 fully saturated rings. The van der Waals surface area contributed by atoms with Crippen molar-refractivity contribution in [1.82, 2.24) is 4.98 Å². The number of carbonyl (C=O) groups excluding carboxylic acids is 1. The van der Waals surface area contributed by atoms with E-state index in [0.29, 0.717) is 12.8 Å². The number of carbonyl (C=O) groups is 2. The van der Waals surface area contributed by atoms with Crippen LogP contribution in [0.1, 0.15) is 27.3 Å². The van der Waals surface area contributed by atoms with Crippen molar-refractivity contribution < 1.29 is 19.4 Å². The molecule has 0 bridgehead atoms. The Labute approximate surface area is 212 Å². The first-order chi connectivity index (χ1) is 17.5. The van der Waals surface area contributed by atoms with Crippen LogP contribution in [0.15, 0.2) is 97.1 Å². The number of fused-ring (bicyclic) bond motifs is 1. The van der Waals surface area contributed by atoms with Gasteiger partial charge in [0.05, 0.1) is 22.2 Å². The molecule has 0 unspecified atom stereocenters. The van der Waals surface area contributed by atoms with E-state index in [9.17, 15) is 9.59 Å². The van der Waals surface area contributed by atoms with Crippen molar-refractivity contribution in [2.24, 2.45) is 0 Å². The molecule has 1 aromatic heterocycles. The summed E-state index contributed by atoms with van der Waals surface area (Å²) >= 11 is 1.52. The molecule has 0 aliphatic carbocycles. The van der Waals surface area contributed by atoms with Crippen LogP contribution in [-0.4, -0.2) is 21.8 Å². The van der Waals surface area contributed by atoms with E-state index in [1.165, 1.54) is 11.3 Å².